The minimum Gasteiger partial charge on any atom is -0.386 e. The molecule has 0 radical (unpaired) electrons. The Morgan fingerprint density at radius 1 is 1.47 bits per heavy atom. The molecule has 1 unspecified atom stereocenters. The van der Waals surface area contributed by atoms with Gasteiger partial charge < -0.3 is 19.9 Å². The molecule has 0 aliphatic heterocycles. The van der Waals surface area contributed by atoms with Crippen LogP contribution in [-0.2, 0) is 13.6 Å². The van der Waals surface area contributed by atoms with Crippen LogP contribution in [0, 0.1) is 0 Å². The number of hydrogen-bond donors (Lipinski definition) is 2. The third-order valence-corrected chi connectivity index (χ3v) is 2.48. The number of aliphatic hydroxyl groups excluding tert-OH is 1. The van der Waals surface area contributed by atoms with Crippen LogP contribution in [0.4, 0.5) is 0 Å². The molecule has 1 atom stereocenters. The summed E-state index contributed by atoms with van der Waals surface area (Å²) in [6.07, 6.45) is -0.434. The van der Waals surface area contributed by atoms with Crippen molar-refractivity contribution in [2.45, 2.75) is 12.6 Å². The first-order valence-electron chi connectivity index (χ1n) is 5.18. The highest BCUT2D eigenvalue weighted by molar-refractivity contribution is 5.18. The molecule has 1 heterocycles. The van der Waals surface area contributed by atoms with Gasteiger partial charge in [-0.25, -0.2) is 0 Å². The van der Waals surface area contributed by atoms with E-state index in [1.807, 2.05) is 34.3 Å². The molecule has 1 aromatic heterocycles. The van der Waals surface area contributed by atoms with E-state index in [-0.39, 0.29) is 0 Å². The van der Waals surface area contributed by atoms with Gasteiger partial charge in [0.2, 0.25) is 0 Å². The highest BCUT2D eigenvalue weighted by Gasteiger charge is 2.12. The van der Waals surface area contributed by atoms with Crippen LogP contribution in [0.15, 0.2) is 12.1 Å². The van der Waals surface area contributed by atoms with E-state index >= 15 is 0 Å². The zero-order valence-electron chi connectivity index (χ0n) is 9.99. The van der Waals surface area contributed by atoms with Crippen molar-refractivity contribution in [3.05, 3.63) is 23.5 Å². The first-order chi connectivity index (χ1) is 7.06. The standard InChI is InChI=1S/C11H21N3O/c1-12-7-11(15)10-6-5-9(14(10)4)8-13(2)3/h5-6,11-12,15H,7-8H2,1-4H3. The van der Waals surface area contributed by atoms with Crippen molar-refractivity contribution < 1.29 is 5.11 Å². The largest absolute Gasteiger partial charge is 0.386 e. The number of nitrogens with zero attached hydrogens (tertiary/aromatic N) is 2. The van der Waals surface area contributed by atoms with Gasteiger partial charge in [-0.05, 0) is 33.3 Å². The molecule has 0 aliphatic rings. The molecule has 86 valence electrons. The van der Waals surface area contributed by atoms with Crippen LogP contribution in [0.25, 0.3) is 0 Å². The number of likely N-dealkylation sites (N-methyl/N-ethyl adjacent to an activating group) is 1. The second-order valence-corrected chi connectivity index (χ2v) is 4.12. The molecule has 1 aromatic rings. The predicted octanol–water partition coefficient (Wildman–Crippen LogP) is 0.339. The Kier molecular flexibility index (Phi) is 4.32. The summed E-state index contributed by atoms with van der Waals surface area (Å²) in [5, 5.41) is 12.8. The van der Waals surface area contributed by atoms with E-state index in [0.717, 1.165) is 12.2 Å². The Morgan fingerprint density at radius 3 is 2.67 bits per heavy atom. The first kappa shape index (κ1) is 12.2. The quantitative estimate of drug-likeness (QED) is 0.738. The van der Waals surface area contributed by atoms with Crippen molar-refractivity contribution in [2.75, 3.05) is 27.7 Å². The van der Waals surface area contributed by atoms with Gasteiger partial charge in [0.15, 0.2) is 0 Å². The Hall–Kier alpha value is -0.840. The lowest BCUT2D eigenvalue weighted by molar-refractivity contribution is 0.169. The Bertz CT molecular complexity index is 307. The van der Waals surface area contributed by atoms with Gasteiger partial charge in [0.25, 0.3) is 0 Å². The van der Waals surface area contributed by atoms with E-state index < -0.39 is 6.10 Å². The van der Waals surface area contributed by atoms with Crippen molar-refractivity contribution in [2.24, 2.45) is 7.05 Å². The lowest BCUT2D eigenvalue weighted by atomic mass is 10.2. The van der Waals surface area contributed by atoms with Crippen LogP contribution in [0.1, 0.15) is 17.5 Å². The smallest absolute Gasteiger partial charge is 0.106 e. The fourth-order valence-electron chi connectivity index (χ4n) is 1.69. The summed E-state index contributed by atoms with van der Waals surface area (Å²) in [7, 11) is 7.91. The average molecular weight is 211 g/mol. The summed E-state index contributed by atoms with van der Waals surface area (Å²) in [4.78, 5) is 2.11. The molecule has 2 N–H and O–H groups in total. The fourth-order valence-corrected chi connectivity index (χ4v) is 1.69. The van der Waals surface area contributed by atoms with Gasteiger partial charge >= 0.3 is 0 Å². The molecular formula is C11H21N3O. The summed E-state index contributed by atoms with van der Waals surface area (Å²) in [5.74, 6) is 0. The van der Waals surface area contributed by atoms with Crippen LogP contribution in [0.2, 0.25) is 0 Å². The van der Waals surface area contributed by atoms with E-state index in [1.54, 1.807) is 0 Å². The maximum atomic E-state index is 9.85. The van der Waals surface area contributed by atoms with Gasteiger partial charge in [-0.15, -0.1) is 0 Å². The van der Waals surface area contributed by atoms with Gasteiger partial charge in [0.05, 0.1) is 0 Å². The molecule has 1 rings (SSSR count). The molecule has 0 aromatic carbocycles. The van der Waals surface area contributed by atoms with Crippen molar-refractivity contribution in [1.82, 2.24) is 14.8 Å². The average Bonchev–Trinajstić information content (AvgIpc) is 2.48. The van der Waals surface area contributed by atoms with Gasteiger partial charge in [0, 0.05) is 31.5 Å². The van der Waals surface area contributed by atoms with E-state index in [2.05, 4.69) is 20.9 Å². The van der Waals surface area contributed by atoms with Crippen LogP contribution < -0.4 is 5.32 Å². The van der Waals surface area contributed by atoms with Crippen molar-refractivity contribution in [1.29, 1.82) is 0 Å². The zero-order valence-corrected chi connectivity index (χ0v) is 9.99. The molecular weight excluding hydrogens is 190 g/mol. The predicted molar refractivity (Wildman–Crippen MR) is 61.7 cm³/mol. The molecule has 0 amide bonds. The van der Waals surface area contributed by atoms with Crippen molar-refractivity contribution in [3.63, 3.8) is 0 Å². The number of aliphatic hydroxyl groups is 1. The van der Waals surface area contributed by atoms with E-state index in [4.69, 9.17) is 0 Å². The Labute approximate surface area is 91.5 Å². The van der Waals surface area contributed by atoms with Crippen LogP contribution in [-0.4, -0.2) is 42.3 Å². The second kappa shape index (κ2) is 5.30. The maximum Gasteiger partial charge on any atom is 0.106 e. The third kappa shape index (κ3) is 3.06. The number of aromatic nitrogens is 1. The number of rotatable bonds is 5. The molecule has 0 saturated carbocycles. The number of nitrogens with one attached hydrogen (secondary N) is 1. The molecule has 0 spiro atoms. The summed E-state index contributed by atoms with van der Waals surface area (Å²) < 4.78 is 2.06. The molecule has 4 nitrogen and oxygen atoms in total. The van der Waals surface area contributed by atoms with Gasteiger partial charge in [-0.3, -0.25) is 0 Å². The van der Waals surface area contributed by atoms with E-state index in [0.29, 0.717) is 6.54 Å². The Balaban J connectivity index is 2.79. The molecule has 4 heteroatoms. The van der Waals surface area contributed by atoms with Crippen LogP contribution >= 0.6 is 0 Å². The lowest BCUT2D eigenvalue weighted by Crippen LogP contribution is -2.20. The Morgan fingerprint density at radius 2 is 2.13 bits per heavy atom. The monoisotopic (exact) mass is 211 g/mol. The highest BCUT2D eigenvalue weighted by Crippen LogP contribution is 2.16. The van der Waals surface area contributed by atoms with Crippen molar-refractivity contribution in [3.8, 4) is 0 Å². The molecule has 0 fully saturated rings. The number of hydrogen-bond acceptors (Lipinski definition) is 3. The second-order valence-electron chi connectivity index (χ2n) is 4.12. The summed E-state index contributed by atoms with van der Waals surface area (Å²) in [6, 6.07) is 4.05. The van der Waals surface area contributed by atoms with E-state index in [1.165, 1.54) is 5.69 Å². The van der Waals surface area contributed by atoms with Crippen LogP contribution in [0.5, 0.6) is 0 Å². The highest BCUT2D eigenvalue weighted by atomic mass is 16.3. The first-order valence-corrected chi connectivity index (χ1v) is 5.18. The molecule has 0 aliphatic carbocycles. The minimum atomic E-state index is -0.434. The normalized spacial score (nSPS) is 13.5. The topological polar surface area (TPSA) is 40.4 Å². The summed E-state index contributed by atoms with van der Waals surface area (Å²) >= 11 is 0. The maximum absolute atomic E-state index is 9.85. The van der Waals surface area contributed by atoms with Gasteiger partial charge in [0.1, 0.15) is 6.10 Å². The lowest BCUT2D eigenvalue weighted by Gasteiger charge is -2.15. The SMILES string of the molecule is CNCC(O)c1ccc(CN(C)C)n1C. The van der Waals surface area contributed by atoms with Crippen LogP contribution in [0.3, 0.4) is 0 Å². The minimum absolute atomic E-state index is 0.434. The van der Waals surface area contributed by atoms with Gasteiger partial charge in [-0.2, -0.15) is 0 Å². The summed E-state index contributed by atoms with van der Waals surface area (Å²) in [5.41, 5.74) is 2.17. The fraction of sp³-hybridized carbons (Fsp3) is 0.636. The summed E-state index contributed by atoms with van der Waals surface area (Å²) in [6.45, 7) is 1.47. The van der Waals surface area contributed by atoms with Gasteiger partial charge in [-0.1, -0.05) is 0 Å². The zero-order chi connectivity index (χ0) is 11.4. The van der Waals surface area contributed by atoms with Crippen molar-refractivity contribution >= 4 is 0 Å². The molecule has 0 bridgehead atoms. The molecule has 15 heavy (non-hydrogen) atoms. The van der Waals surface area contributed by atoms with E-state index in [9.17, 15) is 5.11 Å². The molecule has 0 saturated heterocycles. The third-order valence-electron chi connectivity index (χ3n) is 2.48.